The second kappa shape index (κ2) is 11.3. The number of aromatic amines is 1. The van der Waals surface area contributed by atoms with Crippen LogP contribution in [0.4, 0.5) is 0 Å². The Hall–Kier alpha value is -2.65. The molecule has 0 aliphatic heterocycles. The predicted molar refractivity (Wildman–Crippen MR) is 128 cm³/mol. The SMILES string of the molecule is CCN[C@@H](Cc1c[nH]c2ccccc12)C(=O)N(S)C(CCC(=O)C=N)C(=O)OC(C)(C)C. The minimum Gasteiger partial charge on any atom is -0.458 e. The summed E-state index contributed by atoms with van der Waals surface area (Å²) in [6.07, 6.45) is 2.93. The third-order valence-corrected chi connectivity index (χ3v) is 5.35. The van der Waals surface area contributed by atoms with Crippen LogP contribution in [0, 0.1) is 5.41 Å². The molecule has 8 nitrogen and oxygen atoms in total. The number of nitrogens with one attached hydrogen (secondary N) is 3. The van der Waals surface area contributed by atoms with Crippen LogP contribution in [0.3, 0.4) is 0 Å². The zero-order chi connectivity index (χ0) is 23.9. The monoisotopic (exact) mass is 460 g/mol. The van der Waals surface area contributed by atoms with E-state index in [2.05, 4.69) is 23.1 Å². The quantitative estimate of drug-likeness (QED) is 0.234. The topological polar surface area (TPSA) is 115 Å². The van der Waals surface area contributed by atoms with Crippen LogP contribution in [-0.2, 0) is 25.5 Å². The first-order chi connectivity index (χ1) is 15.1. The average molecular weight is 461 g/mol. The molecule has 2 rings (SSSR count). The Labute approximate surface area is 194 Å². The number of hydrogen-bond donors (Lipinski definition) is 4. The van der Waals surface area contributed by atoms with Crippen molar-refractivity contribution in [2.24, 2.45) is 0 Å². The summed E-state index contributed by atoms with van der Waals surface area (Å²) >= 11 is 4.36. The molecule has 174 valence electrons. The van der Waals surface area contributed by atoms with Gasteiger partial charge in [-0.1, -0.05) is 37.9 Å². The van der Waals surface area contributed by atoms with Crippen molar-refractivity contribution in [3.8, 4) is 0 Å². The summed E-state index contributed by atoms with van der Waals surface area (Å²) < 4.78 is 6.53. The van der Waals surface area contributed by atoms with Gasteiger partial charge in [-0.05, 0) is 51.8 Å². The van der Waals surface area contributed by atoms with Gasteiger partial charge in [0.2, 0.25) is 0 Å². The maximum Gasteiger partial charge on any atom is 0.330 e. The lowest BCUT2D eigenvalue weighted by Crippen LogP contribution is -2.51. The van der Waals surface area contributed by atoms with Crippen LogP contribution in [0.15, 0.2) is 30.5 Å². The molecule has 0 fully saturated rings. The third kappa shape index (κ3) is 6.93. The number of aromatic nitrogens is 1. The molecule has 0 radical (unpaired) electrons. The molecule has 0 bridgehead atoms. The van der Waals surface area contributed by atoms with Gasteiger partial charge in [0.25, 0.3) is 5.91 Å². The smallest absolute Gasteiger partial charge is 0.330 e. The second-order valence-corrected chi connectivity index (χ2v) is 8.99. The Morgan fingerprint density at radius 1 is 1.28 bits per heavy atom. The lowest BCUT2D eigenvalue weighted by Gasteiger charge is -2.31. The van der Waals surface area contributed by atoms with Gasteiger partial charge < -0.3 is 20.4 Å². The highest BCUT2D eigenvalue weighted by Crippen LogP contribution is 2.22. The lowest BCUT2D eigenvalue weighted by atomic mass is 10.0. The van der Waals surface area contributed by atoms with Gasteiger partial charge in [-0.25, -0.2) is 4.79 Å². The minimum absolute atomic E-state index is 0.0182. The van der Waals surface area contributed by atoms with E-state index in [1.54, 1.807) is 20.8 Å². The Balaban J connectivity index is 2.25. The summed E-state index contributed by atoms with van der Waals surface area (Å²) in [6, 6.07) is 6.14. The van der Waals surface area contributed by atoms with Crippen molar-refractivity contribution in [2.75, 3.05) is 6.54 Å². The van der Waals surface area contributed by atoms with Gasteiger partial charge in [0.05, 0.1) is 12.3 Å². The number of benzene rings is 1. The molecular formula is C23H32N4O4S. The summed E-state index contributed by atoms with van der Waals surface area (Å²) in [5.74, 6) is -1.46. The number of Topliss-reactive ketones (excluding diaryl/α,β-unsaturated/α-hetero) is 1. The first-order valence-electron chi connectivity index (χ1n) is 10.6. The fourth-order valence-electron chi connectivity index (χ4n) is 3.39. The highest BCUT2D eigenvalue weighted by molar-refractivity contribution is 7.78. The molecule has 0 spiro atoms. The van der Waals surface area contributed by atoms with Gasteiger partial charge in [-0.15, -0.1) is 0 Å². The Morgan fingerprint density at radius 2 is 1.97 bits per heavy atom. The van der Waals surface area contributed by atoms with E-state index in [-0.39, 0.29) is 12.8 Å². The number of para-hydroxylation sites is 1. The molecule has 1 unspecified atom stereocenters. The van der Waals surface area contributed by atoms with E-state index in [0.29, 0.717) is 19.2 Å². The Kier molecular flexibility index (Phi) is 9.03. The number of thiol groups is 1. The van der Waals surface area contributed by atoms with Gasteiger partial charge in [0.1, 0.15) is 11.6 Å². The molecule has 2 atom stereocenters. The molecule has 2 aromatic rings. The van der Waals surface area contributed by atoms with E-state index in [1.807, 2.05) is 37.4 Å². The van der Waals surface area contributed by atoms with Crippen LogP contribution < -0.4 is 5.32 Å². The number of H-pyrrole nitrogens is 1. The molecule has 3 N–H and O–H groups in total. The molecule has 0 saturated heterocycles. The normalized spacial score (nSPS) is 13.4. The number of carbonyl (C=O) groups is 3. The standard InChI is InChI=1S/C23H32N4O4S/c1-5-25-19(12-15-14-26-18-9-7-6-8-17(15)18)21(29)27(32)20(11-10-16(28)13-24)22(30)31-23(2,3)4/h6-9,13-14,19-20,24-26,32H,5,10-12H2,1-4H3/t19-,20?/m0/s1. The minimum atomic E-state index is -1.06. The fourth-order valence-corrected chi connectivity index (χ4v) is 3.74. The number of esters is 1. The summed E-state index contributed by atoms with van der Waals surface area (Å²) in [5, 5.41) is 11.3. The Bertz CT molecular complexity index is 966. The largest absolute Gasteiger partial charge is 0.458 e. The second-order valence-electron chi connectivity index (χ2n) is 8.56. The number of amides is 1. The summed E-state index contributed by atoms with van der Waals surface area (Å²) in [5.41, 5.74) is 1.18. The van der Waals surface area contributed by atoms with Gasteiger partial charge in [0.15, 0.2) is 5.78 Å². The maximum absolute atomic E-state index is 13.4. The number of carbonyl (C=O) groups excluding carboxylic acids is 3. The van der Waals surface area contributed by atoms with Crippen LogP contribution in [0.1, 0.15) is 46.1 Å². The van der Waals surface area contributed by atoms with E-state index >= 15 is 0 Å². The number of fused-ring (bicyclic) bond motifs is 1. The van der Waals surface area contributed by atoms with Crippen molar-refractivity contribution in [3.63, 3.8) is 0 Å². The van der Waals surface area contributed by atoms with Crippen LogP contribution in [-0.4, -0.2) is 57.4 Å². The number of ketones is 1. The van der Waals surface area contributed by atoms with E-state index in [0.717, 1.165) is 20.8 Å². The molecule has 1 aromatic carbocycles. The lowest BCUT2D eigenvalue weighted by molar-refractivity contribution is -0.162. The number of hydrogen-bond acceptors (Lipinski definition) is 7. The highest BCUT2D eigenvalue weighted by atomic mass is 32.1. The van der Waals surface area contributed by atoms with Crippen LogP contribution in [0.2, 0.25) is 0 Å². The number of likely N-dealkylation sites (N-methyl/N-ethyl adjacent to an activating group) is 1. The van der Waals surface area contributed by atoms with Crippen molar-refractivity contribution >= 4 is 47.6 Å². The average Bonchev–Trinajstić information content (AvgIpc) is 3.14. The van der Waals surface area contributed by atoms with Crippen molar-refractivity contribution in [3.05, 3.63) is 36.0 Å². The van der Waals surface area contributed by atoms with Crippen molar-refractivity contribution in [1.82, 2.24) is 14.6 Å². The molecule has 1 heterocycles. The summed E-state index contributed by atoms with van der Waals surface area (Å²) in [6.45, 7) is 7.63. The molecule has 0 saturated carbocycles. The summed E-state index contributed by atoms with van der Waals surface area (Å²) in [4.78, 5) is 41.0. The molecule has 32 heavy (non-hydrogen) atoms. The molecule has 9 heteroatoms. The molecule has 1 aromatic heterocycles. The number of rotatable bonds is 11. The first-order valence-corrected chi connectivity index (χ1v) is 11.0. The molecule has 0 aliphatic carbocycles. The van der Waals surface area contributed by atoms with Gasteiger partial charge in [0, 0.05) is 23.5 Å². The van der Waals surface area contributed by atoms with E-state index in [4.69, 9.17) is 10.1 Å². The Morgan fingerprint density at radius 3 is 2.59 bits per heavy atom. The first kappa shape index (κ1) is 25.6. The predicted octanol–water partition coefficient (Wildman–Crippen LogP) is 3.07. The van der Waals surface area contributed by atoms with Crippen LogP contribution in [0.5, 0.6) is 0 Å². The zero-order valence-electron chi connectivity index (χ0n) is 19.0. The van der Waals surface area contributed by atoms with Gasteiger partial charge >= 0.3 is 5.97 Å². The van der Waals surface area contributed by atoms with Crippen molar-refractivity contribution in [1.29, 1.82) is 5.41 Å². The fraction of sp³-hybridized carbons (Fsp3) is 0.478. The summed E-state index contributed by atoms with van der Waals surface area (Å²) in [7, 11) is 0. The van der Waals surface area contributed by atoms with E-state index < -0.39 is 35.3 Å². The third-order valence-electron chi connectivity index (χ3n) is 4.87. The van der Waals surface area contributed by atoms with Gasteiger partial charge in [-0.3, -0.25) is 13.9 Å². The van der Waals surface area contributed by atoms with E-state index in [1.165, 1.54) is 0 Å². The highest BCUT2D eigenvalue weighted by Gasteiger charge is 2.35. The van der Waals surface area contributed by atoms with E-state index in [9.17, 15) is 14.4 Å². The maximum atomic E-state index is 13.4. The molecule has 0 aliphatic rings. The zero-order valence-corrected chi connectivity index (χ0v) is 19.9. The number of nitrogens with zero attached hydrogens (tertiary/aromatic N) is 1. The van der Waals surface area contributed by atoms with Crippen LogP contribution >= 0.6 is 12.8 Å². The number of ether oxygens (including phenoxy) is 1. The van der Waals surface area contributed by atoms with Crippen molar-refractivity contribution < 1.29 is 19.1 Å². The van der Waals surface area contributed by atoms with Crippen molar-refractivity contribution in [2.45, 2.75) is 64.6 Å². The van der Waals surface area contributed by atoms with Crippen LogP contribution in [0.25, 0.3) is 10.9 Å². The molecular weight excluding hydrogens is 428 g/mol. The van der Waals surface area contributed by atoms with Gasteiger partial charge in [-0.2, -0.15) is 0 Å². The molecule has 1 amide bonds.